The van der Waals surface area contributed by atoms with Gasteiger partial charge in [-0.2, -0.15) is 0 Å². The van der Waals surface area contributed by atoms with Crippen LogP contribution in [0.15, 0.2) is 17.5 Å². The van der Waals surface area contributed by atoms with Gasteiger partial charge in [0, 0.05) is 10.9 Å². The molecule has 14 heavy (non-hydrogen) atoms. The van der Waals surface area contributed by atoms with Gasteiger partial charge in [0.2, 0.25) is 0 Å². The molecule has 0 spiro atoms. The fraction of sp³-hybridized carbons (Fsp3) is 0.667. The molecule has 1 rings (SSSR count). The van der Waals surface area contributed by atoms with Crippen LogP contribution < -0.4 is 5.32 Å². The summed E-state index contributed by atoms with van der Waals surface area (Å²) < 4.78 is 0. The van der Waals surface area contributed by atoms with E-state index in [1.54, 1.807) is 0 Å². The van der Waals surface area contributed by atoms with Crippen molar-refractivity contribution in [1.29, 1.82) is 0 Å². The maximum absolute atomic E-state index is 3.58. The van der Waals surface area contributed by atoms with Crippen LogP contribution >= 0.6 is 11.3 Å². The molecule has 2 heteroatoms. The van der Waals surface area contributed by atoms with Gasteiger partial charge in [-0.15, -0.1) is 11.3 Å². The third-order valence-corrected chi connectivity index (χ3v) is 3.54. The van der Waals surface area contributed by atoms with Gasteiger partial charge in [0.05, 0.1) is 0 Å². The van der Waals surface area contributed by atoms with Gasteiger partial charge in [-0.05, 0) is 30.3 Å². The van der Waals surface area contributed by atoms with E-state index in [2.05, 4.69) is 43.6 Å². The Morgan fingerprint density at radius 2 is 2.21 bits per heavy atom. The summed E-state index contributed by atoms with van der Waals surface area (Å²) >= 11 is 1.86. The normalized spacial score (nSPS) is 15.4. The predicted octanol–water partition coefficient (Wildman–Crippen LogP) is 3.83. The summed E-state index contributed by atoms with van der Waals surface area (Å²) in [4.78, 5) is 1.48. The number of hydrogen-bond donors (Lipinski definition) is 1. The van der Waals surface area contributed by atoms with Crippen LogP contribution in [0.2, 0.25) is 0 Å². The average molecular weight is 211 g/mol. The van der Waals surface area contributed by atoms with Gasteiger partial charge in [0.15, 0.2) is 0 Å². The van der Waals surface area contributed by atoms with Crippen molar-refractivity contribution in [1.82, 2.24) is 5.32 Å². The highest BCUT2D eigenvalue weighted by Gasteiger charge is 2.17. The van der Waals surface area contributed by atoms with Crippen LogP contribution in [0.25, 0.3) is 0 Å². The molecule has 0 aliphatic carbocycles. The van der Waals surface area contributed by atoms with Crippen LogP contribution in [0.4, 0.5) is 0 Å². The molecular weight excluding hydrogens is 190 g/mol. The minimum atomic E-state index is 0.556. The number of thiophene rings is 1. The second-order valence-electron chi connectivity index (χ2n) is 3.82. The second kappa shape index (κ2) is 6.20. The van der Waals surface area contributed by atoms with E-state index in [1.165, 1.54) is 17.7 Å². The molecular formula is C12H21NS. The lowest BCUT2D eigenvalue weighted by molar-refractivity contribution is 0.374. The summed E-state index contributed by atoms with van der Waals surface area (Å²) in [7, 11) is 0. The quantitative estimate of drug-likeness (QED) is 0.754. The van der Waals surface area contributed by atoms with E-state index in [-0.39, 0.29) is 0 Å². The minimum Gasteiger partial charge on any atom is -0.309 e. The average Bonchev–Trinajstić information content (AvgIpc) is 2.67. The fourth-order valence-corrected chi connectivity index (χ4v) is 2.83. The Labute approximate surface area is 91.5 Å². The van der Waals surface area contributed by atoms with E-state index in [0.29, 0.717) is 6.04 Å². The first-order chi connectivity index (χ1) is 6.79. The molecule has 2 atom stereocenters. The van der Waals surface area contributed by atoms with E-state index in [9.17, 15) is 0 Å². The number of rotatable bonds is 6. The summed E-state index contributed by atoms with van der Waals surface area (Å²) in [6.07, 6.45) is 2.57. The molecule has 0 aliphatic rings. The van der Waals surface area contributed by atoms with Crippen molar-refractivity contribution < 1.29 is 0 Å². The molecule has 2 unspecified atom stereocenters. The topological polar surface area (TPSA) is 12.0 Å². The first-order valence-corrected chi connectivity index (χ1v) is 6.44. The molecule has 0 saturated carbocycles. The lowest BCUT2D eigenvalue weighted by Crippen LogP contribution is -2.25. The predicted molar refractivity (Wildman–Crippen MR) is 64.8 cm³/mol. The van der Waals surface area contributed by atoms with Crippen LogP contribution in [0.5, 0.6) is 0 Å². The maximum atomic E-state index is 3.58. The molecule has 0 amide bonds. The molecule has 0 saturated heterocycles. The molecule has 1 N–H and O–H groups in total. The van der Waals surface area contributed by atoms with E-state index < -0.39 is 0 Å². The highest BCUT2D eigenvalue weighted by atomic mass is 32.1. The van der Waals surface area contributed by atoms with Crippen LogP contribution in [0.3, 0.4) is 0 Å². The molecule has 1 aromatic heterocycles. The van der Waals surface area contributed by atoms with Crippen molar-refractivity contribution in [2.75, 3.05) is 6.54 Å². The smallest absolute Gasteiger partial charge is 0.0440 e. The van der Waals surface area contributed by atoms with E-state index in [1.807, 2.05) is 11.3 Å². The van der Waals surface area contributed by atoms with Gasteiger partial charge in [-0.25, -0.2) is 0 Å². The Balaban J connectivity index is 2.63. The molecule has 0 bridgehead atoms. The summed E-state index contributed by atoms with van der Waals surface area (Å²) in [5.41, 5.74) is 0. The Morgan fingerprint density at radius 1 is 1.43 bits per heavy atom. The zero-order chi connectivity index (χ0) is 10.4. The third kappa shape index (κ3) is 3.10. The molecule has 0 aliphatic heterocycles. The lowest BCUT2D eigenvalue weighted by Gasteiger charge is -2.23. The van der Waals surface area contributed by atoms with Crippen molar-refractivity contribution >= 4 is 11.3 Å². The number of nitrogens with one attached hydrogen (secondary N) is 1. The summed E-state index contributed by atoms with van der Waals surface area (Å²) in [5.74, 6) is 0.735. The van der Waals surface area contributed by atoms with Crippen LogP contribution in [-0.4, -0.2) is 6.54 Å². The Morgan fingerprint density at radius 3 is 2.71 bits per heavy atom. The lowest BCUT2D eigenvalue weighted by atomic mass is 9.95. The molecule has 0 radical (unpaired) electrons. The second-order valence-corrected chi connectivity index (χ2v) is 4.80. The van der Waals surface area contributed by atoms with Crippen molar-refractivity contribution in [2.45, 2.75) is 39.7 Å². The largest absolute Gasteiger partial charge is 0.309 e. The Kier molecular flexibility index (Phi) is 5.20. The SMILES string of the molecule is CCCC(C)C(NCC)c1cccs1. The molecule has 1 nitrogen and oxygen atoms in total. The third-order valence-electron chi connectivity index (χ3n) is 2.59. The molecule has 1 heterocycles. The summed E-state index contributed by atoms with van der Waals surface area (Å²) in [6, 6.07) is 4.94. The van der Waals surface area contributed by atoms with E-state index >= 15 is 0 Å². The summed E-state index contributed by atoms with van der Waals surface area (Å²) in [6.45, 7) is 7.83. The molecule has 1 aromatic rings. The minimum absolute atomic E-state index is 0.556. The van der Waals surface area contributed by atoms with Crippen molar-refractivity contribution in [3.05, 3.63) is 22.4 Å². The Bertz CT molecular complexity index is 230. The van der Waals surface area contributed by atoms with Crippen molar-refractivity contribution in [2.24, 2.45) is 5.92 Å². The molecule has 0 fully saturated rings. The highest BCUT2D eigenvalue weighted by Crippen LogP contribution is 2.28. The fourth-order valence-electron chi connectivity index (χ4n) is 1.89. The zero-order valence-corrected chi connectivity index (χ0v) is 10.2. The van der Waals surface area contributed by atoms with Gasteiger partial charge < -0.3 is 5.32 Å². The van der Waals surface area contributed by atoms with Crippen LogP contribution in [0, 0.1) is 5.92 Å². The first kappa shape index (κ1) is 11.7. The standard InChI is InChI=1S/C12H21NS/c1-4-7-10(3)12(13-5-2)11-8-6-9-14-11/h6,8-10,12-13H,4-5,7H2,1-3H3. The molecule has 0 aromatic carbocycles. The van der Waals surface area contributed by atoms with Crippen molar-refractivity contribution in [3.8, 4) is 0 Å². The van der Waals surface area contributed by atoms with E-state index in [0.717, 1.165) is 12.5 Å². The van der Waals surface area contributed by atoms with Gasteiger partial charge >= 0.3 is 0 Å². The van der Waals surface area contributed by atoms with Crippen LogP contribution in [-0.2, 0) is 0 Å². The van der Waals surface area contributed by atoms with Gasteiger partial charge in [0.25, 0.3) is 0 Å². The maximum Gasteiger partial charge on any atom is 0.0440 e. The summed E-state index contributed by atoms with van der Waals surface area (Å²) in [5, 5.41) is 5.75. The van der Waals surface area contributed by atoms with Gasteiger partial charge in [-0.1, -0.05) is 33.3 Å². The van der Waals surface area contributed by atoms with Gasteiger partial charge in [-0.3, -0.25) is 0 Å². The molecule has 80 valence electrons. The Hall–Kier alpha value is -0.340. The first-order valence-electron chi connectivity index (χ1n) is 5.56. The monoisotopic (exact) mass is 211 g/mol. The van der Waals surface area contributed by atoms with Crippen LogP contribution in [0.1, 0.15) is 44.5 Å². The zero-order valence-electron chi connectivity index (χ0n) is 9.42. The van der Waals surface area contributed by atoms with E-state index in [4.69, 9.17) is 0 Å². The van der Waals surface area contributed by atoms with Gasteiger partial charge in [0.1, 0.15) is 0 Å². The van der Waals surface area contributed by atoms with Crippen molar-refractivity contribution in [3.63, 3.8) is 0 Å². The number of hydrogen-bond acceptors (Lipinski definition) is 2. The highest BCUT2D eigenvalue weighted by molar-refractivity contribution is 7.10.